The predicted octanol–water partition coefficient (Wildman–Crippen LogP) is -6.48. The van der Waals surface area contributed by atoms with Crippen LogP contribution in [0.3, 0.4) is 0 Å². The summed E-state index contributed by atoms with van der Waals surface area (Å²) in [4.78, 5) is 94.0. The Morgan fingerprint density at radius 1 is 0.317 bits per heavy atom. The third-order valence-electron chi connectivity index (χ3n) is 10.9. The number of amides is 8. The molecule has 0 bridgehead atoms. The van der Waals surface area contributed by atoms with Crippen molar-refractivity contribution in [3.8, 4) is 0 Å². The molecule has 24 N–H and O–H groups in total. The second kappa shape index (κ2) is 62.3. The summed E-state index contributed by atoms with van der Waals surface area (Å²) in [7, 11) is 1.61. The third kappa shape index (κ3) is 58.4. The van der Waals surface area contributed by atoms with Crippen LogP contribution >= 0.6 is 0 Å². The van der Waals surface area contributed by atoms with Gasteiger partial charge in [-0.2, -0.15) is 0 Å². The van der Waals surface area contributed by atoms with E-state index in [9.17, 15) is 38.4 Å². The van der Waals surface area contributed by atoms with Gasteiger partial charge in [0, 0.05) is 132 Å². The molecular weight excluding hydrogens is 1070 g/mol. The number of carbonyl (C=O) groups excluding carboxylic acids is 8. The normalized spacial score (nSPS) is 12.2. The molecule has 0 rings (SSSR count). The minimum Gasteiger partial charge on any atom is -0.382 e. The number of ether oxygens (including phenoxy) is 4. The molecule has 4 atom stereocenters. The lowest BCUT2D eigenvalue weighted by molar-refractivity contribution is -0.127. The Hall–Kier alpha value is -4.80. The average Bonchev–Trinajstić information content (AvgIpc) is 3.45. The Balaban J connectivity index is -0.00000125. The summed E-state index contributed by atoms with van der Waals surface area (Å²) in [5, 5.41) is 34.1. The lowest BCUT2D eigenvalue weighted by Crippen LogP contribution is -2.45. The van der Waals surface area contributed by atoms with E-state index in [1.807, 2.05) is 6.92 Å². The molecular formula is C52H112N18O12. The molecule has 0 aliphatic heterocycles. The van der Waals surface area contributed by atoms with Crippen LogP contribution in [0.15, 0.2) is 0 Å². The van der Waals surface area contributed by atoms with Crippen LogP contribution in [0.25, 0.3) is 0 Å². The van der Waals surface area contributed by atoms with E-state index in [0.717, 1.165) is 45.3 Å². The topological polar surface area (TPSA) is 474 Å². The van der Waals surface area contributed by atoms with Crippen LogP contribution in [0.4, 0.5) is 0 Å². The molecule has 0 aliphatic carbocycles. The van der Waals surface area contributed by atoms with Gasteiger partial charge in [0.1, 0.15) is 0 Å². The first-order valence-electron chi connectivity index (χ1n) is 29.2. The van der Waals surface area contributed by atoms with Crippen molar-refractivity contribution in [1.82, 2.24) is 63.8 Å². The number of nitrogens with two attached hydrogens (primary N) is 6. The summed E-state index contributed by atoms with van der Waals surface area (Å²) in [5.74, 6) is -2.31. The Labute approximate surface area is 488 Å². The molecule has 0 spiro atoms. The van der Waals surface area contributed by atoms with Gasteiger partial charge < -0.3 is 117 Å². The third-order valence-corrected chi connectivity index (χ3v) is 10.9. The van der Waals surface area contributed by atoms with Crippen LogP contribution in [0, 0.1) is 0 Å². The smallest absolute Gasteiger partial charge is 0.237 e. The zero-order valence-corrected chi connectivity index (χ0v) is 50.1. The lowest BCUT2D eigenvalue weighted by Gasteiger charge is -2.13. The number of hydrogen-bond acceptors (Lipinski definition) is 22. The van der Waals surface area contributed by atoms with E-state index in [2.05, 4.69) is 77.6 Å². The van der Waals surface area contributed by atoms with E-state index >= 15 is 0 Å². The van der Waals surface area contributed by atoms with E-state index in [0.29, 0.717) is 164 Å². The number of carbonyl (C=O) groups is 8. The Morgan fingerprint density at radius 2 is 0.585 bits per heavy atom. The van der Waals surface area contributed by atoms with Gasteiger partial charge in [0.25, 0.3) is 0 Å². The highest BCUT2D eigenvalue weighted by molar-refractivity contribution is 5.90. The molecule has 0 heterocycles. The van der Waals surface area contributed by atoms with Crippen molar-refractivity contribution < 1.29 is 57.3 Å². The zero-order chi connectivity index (χ0) is 61.7. The van der Waals surface area contributed by atoms with Gasteiger partial charge in [0.05, 0.1) is 76.3 Å². The van der Waals surface area contributed by atoms with Gasteiger partial charge in [-0.1, -0.05) is 27.2 Å². The molecule has 0 saturated heterocycles. The van der Waals surface area contributed by atoms with Crippen molar-refractivity contribution in [2.24, 2.45) is 34.4 Å². The van der Waals surface area contributed by atoms with Gasteiger partial charge >= 0.3 is 0 Å². The molecule has 8 amide bonds. The molecule has 82 heavy (non-hydrogen) atoms. The maximum atomic E-state index is 12.0. The maximum absolute atomic E-state index is 12.0. The van der Waals surface area contributed by atoms with Crippen LogP contribution < -0.4 is 98.2 Å². The van der Waals surface area contributed by atoms with Crippen LogP contribution in [-0.4, -0.2) is 243 Å². The Morgan fingerprint density at radius 3 is 0.841 bits per heavy atom. The first kappa shape index (κ1) is 81.4. The van der Waals surface area contributed by atoms with Crippen molar-refractivity contribution in [1.29, 1.82) is 0 Å². The Kier molecular flexibility index (Phi) is 61.8. The number of hydrogen-bond donors (Lipinski definition) is 18. The standard InChI is InChI=1S/C24H52N10O6.C15H32N4O4.C13H28N4O2/c25-3-7-29-9-11-31-21(35)17-19(27)23(37)33-5-1-13-39-15-16-40-14-2-6-34-24(38)20(28)18-22(36)32-12-10-30-8-4-26;1-3-5-17-7-8-18-14(20)12-13(16)15(21)19-6-4-9-23-11-10-22-2;1-3-5-7-17-13(19)11(14)10-12(18)16-9-8-15-6-4-2/h19-20,29-30H,1-18,25-28H2,(H,31,35)(H,32,36)(H,33,37)(H,34,38);13,17H,3-12,16H2,1-2H3,(H,18,20)(H,19,21);11,15H,3-10,14H2,1-2H3,(H,16,18)(H,17,19). The van der Waals surface area contributed by atoms with E-state index in [1.165, 1.54) is 0 Å². The molecule has 0 radical (unpaired) electrons. The minimum atomic E-state index is -0.911. The lowest BCUT2D eigenvalue weighted by atomic mass is 10.2. The van der Waals surface area contributed by atoms with Gasteiger partial charge in [-0.3, -0.25) is 38.4 Å². The molecule has 0 aromatic rings. The van der Waals surface area contributed by atoms with Gasteiger partial charge in [0.15, 0.2) is 0 Å². The first-order valence-corrected chi connectivity index (χ1v) is 29.2. The molecule has 0 aromatic heterocycles. The van der Waals surface area contributed by atoms with Crippen LogP contribution in [0.1, 0.15) is 91.4 Å². The molecule has 0 aliphatic rings. The quantitative estimate of drug-likeness (QED) is 0.0252. The largest absolute Gasteiger partial charge is 0.382 e. The van der Waals surface area contributed by atoms with Crippen LogP contribution in [-0.2, 0) is 57.3 Å². The summed E-state index contributed by atoms with van der Waals surface area (Å²) in [6.07, 6.45) is 5.78. The Bertz CT molecular complexity index is 1540. The fraction of sp³-hybridized carbons (Fsp3) is 0.846. The molecule has 30 heteroatoms. The number of methoxy groups -OCH3 is 1. The van der Waals surface area contributed by atoms with E-state index in [1.54, 1.807) is 7.11 Å². The fourth-order valence-electron chi connectivity index (χ4n) is 6.31. The summed E-state index contributed by atoms with van der Waals surface area (Å²) in [6.45, 7) is 20.2. The molecule has 0 aromatic carbocycles. The van der Waals surface area contributed by atoms with Gasteiger partial charge in [-0.15, -0.1) is 0 Å². The van der Waals surface area contributed by atoms with E-state index in [4.69, 9.17) is 53.3 Å². The predicted molar refractivity (Wildman–Crippen MR) is 318 cm³/mol. The highest BCUT2D eigenvalue weighted by atomic mass is 16.5. The van der Waals surface area contributed by atoms with Crippen molar-refractivity contribution in [3.05, 3.63) is 0 Å². The number of unbranched alkanes of at least 4 members (excludes halogenated alkanes) is 1. The maximum Gasteiger partial charge on any atom is 0.237 e. The molecule has 482 valence electrons. The zero-order valence-electron chi connectivity index (χ0n) is 50.1. The van der Waals surface area contributed by atoms with Crippen molar-refractivity contribution in [2.75, 3.05) is 171 Å². The fourth-order valence-corrected chi connectivity index (χ4v) is 6.31. The SMILES string of the molecule is CCCCNC(=O)C(N)CC(=O)NCCNCCC.CCCNCCNC(=O)CC(N)C(=O)NCCCOCCOC.NCCNCCNC(=O)CC(N)C(=O)NCCCOCCOCCCNC(=O)C(N)CC(=O)NCCNCCN. The van der Waals surface area contributed by atoms with Crippen LogP contribution in [0.2, 0.25) is 0 Å². The first-order chi connectivity index (χ1) is 39.5. The second-order valence-electron chi connectivity index (χ2n) is 18.6. The molecule has 0 fully saturated rings. The summed E-state index contributed by atoms with van der Waals surface area (Å²) in [5.41, 5.74) is 33.7. The number of nitrogens with one attached hydrogen (secondary N) is 12. The summed E-state index contributed by atoms with van der Waals surface area (Å²) >= 11 is 0. The van der Waals surface area contributed by atoms with Gasteiger partial charge in [-0.25, -0.2) is 0 Å². The second-order valence-corrected chi connectivity index (χ2v) is 18.6. The van der Waals surface area contributed by atoms with Crippen LogP contribution in [0.5, 0.6) is 0 Å². The monoisotopic (exact) mass is 1180 g/mol. The average molecular weight is 1180 g/mol. The molecule has 0 saturated carbocycles. The molecule has 4 unspecified atom stereocenters. The number of rotatable bonds is 53. The van der Waals surface area contributed by atoms with E-state index < -0.39 is 24.2 Å². The summed E-state index contributed by atoms with van der Waals surface area (Å²) in [6, 6.07) is -3.41. The highest BCUT2D eigenvalue weighted by Crippen LogP contribution is 1.94. The van der Waals surface area contributed by atoms with Crippen molar-refractivity contribution in [2.45, 2.75) is 116 Å². The molecule has 30 nitrogen and oxygen atoms in total. The minimum absolute atomic E-state index is 0.00997. The van der Waals surface area contributed by atoms with Crippen molar-refractivity contribution >= 4 is 47.3 Å². The van der Waals surface area contributed by atoms with E-state index in [-0.39, 0.29) is 72.9 Å². The van der Waals surface area contributed by atoms with Crippen molar-refractivity contribution in [3.63, 3.8) is 0 Å². The van der Waals surface area contributed by atoms with Gasteiger partial charge in [0.2, 0.25) is 47.3 Å². The highest BCUT2D eigenvalue weighted by Gasteiger charge is 2.20. The summed E-state index contributed by atoms with van der Waals surface area (Å²) < 4.78 is 21.0. The van der Waals surface area contributed by atoms with Gasteiger partial charge in [-0.05, 0) is 51.6 Å².